The van der Waals surface area contributed by atoms with Gasteiger partial charge < -0.3 is 9.88 Å². The minimum absolute atomic E-state index is 0.0937. The number of sulfone groups is 1. The Morgan fingerprint density at radius 3 is 2.41 bits per heavy atom. The first-order valence-corrected chi connectivity index (χ1v) is 10.7. The van der Waals surface area contributed by atoms with Gasteiger partial charge in [-0.15, -0.1) is 0 Å². The number of aryl methyl sites for hydroxylation is 1. The SMILES string of the molecule is CCn1c2ccccc2c2ccc(N/C=C(/C#N)S(=O)(=O)c3ccccc3)cc21. The summed E-state index contributed by atoms with van der Waals surface area (Å²) in [6.45, 7) is 2.90. The molecule has 0 atom stereocenters. The molecule has 0 bridgehead atoms. The molecule has 3 aromatic carbocycles. The van der Waals surface area contributed by atoms with Crippen LogP contribution in [0.1, 0.15) is 6.92 Å². The van der Waals surface area contributed by atoms with Gasteiger partial charge in [0.1, 0.15) is 6.07 Å². The molecule has 144 valence electrons. The molecular formula is C23H19N3O2S. The highest BCUT2D eigenvalue weighted by Crippen LogP contribution is 2.31. The van der Waals surface area contributed by atoms with Gasteiger partial charge in [-0.25, -0.2) is 8.42 Å². The third kappa shape index (κ3) is 3.26. The summed E-state index contributed by atoms with van der Waals surface area (Å²) in [4.78, 5) is -0.240. The number of nitrogens with one attached hydrogen (secondary N) is 1. The number of hydrogen-bond donors (Lipinski definition) is 1. The van der Waals surface area contributed by atoms with Crippen molar-refractivity contribution in [2.24, 2.45) is 0 Å². The van der Waals surface area contributed by atoms with Crippen molar-refractivity contribution < 1.29 is 8.42 Å². The Morgan fingerprint density at radius 2 is 1.69 bits per heavy atom. The Labute approximate surface area is 169 Å². The number of para-hydroxylation sites is 1. The van der Waals surface area contributed by atoms with E-state index in [-0.39, 0.29) is 9.80 Å². The van der Waals surface area contributed by atoms with Gasteiger partial charge in [0.25, 0.3) is 0 Å². The van der Waals surface area contributed by atoms with Crippen LogP contribution in [0.3, 0.4) is 0 Å². The summed E-state index contributed by atoms with van der Waals surface area (Å²) >= 11 is 0. The number of aromatic nitrogens is 1. The number of hydrogen-bond acceptors (Lipinski definition) is 4. The van der Waals surface area contributed by atoms with Crippen molar-refractivity contribution in [2.45, 2.75) is 18.4 Å². The first-order valence-electron chi connectivity index (χ1n) is 9.24. The van der Waals surface area contributed by atoms with Crippen LogP contribution in [0.25, 0.3) is 21.8 Å². The van der Waals surface area contributed by atoms with E-state index >= 15 is 0 Å². The van der Waals surface area contributed by atoms with E-state index < -0.39 is 9.84 Å². The zero-order chi connectivity index (χ0) is 20.4. The van der Waals surface area contributed by atoms with E-state index in [1.807, 2.05) is 30.3 Å². The van der Waals surface area contributed by atoms with Crippen LogP contribution in [-0.4, -0.2) is 13.0 Å². The molecule has 0 radical (unpaired) electrons. The molecule has 0 saturated heterocycles. The maximum Gasteiger partial charge on any atom is 0.218 e. The molecule has 5 nitrogen and oxygen atoms in total. The van der Waals surface area contributed by atoms with Gasteiger partial charge in [0.05, 0.1) is 10.4 Å². The average molecular weight is 401 g/mol. The first kappa shape index (κ1) is 18.8. The predicted octanol–water partition coefficient (Wildman–Crippen LogP) is 5.07. The second-order valence-electron chi connectivity index (χ2n) is 6.57. The van der Waals surface area contributed by atoms with Gasteiger partial charge in [-0.3, -0.25) is 0 Å². The van der Waals surface area contributed by atoms with Crippen molar-refractivity contribution in [1.29, 1.82) is 5.26 Å². The molecule has 1 heterocycles. The van der Waals surface area contributed by atoms with Gasteiger partial charge in [0.15, 0.2) is 4.91 Å². The van der Waals surface area contributed by atoms with Gasteiger partial charge in [0, 0.05) is 34.7 Å². The molecule has 0 spiro atoms. The fraction of sp³-hybridized carbons (Fsp3) is 0.0870. The second kappa shape index (κ2) is 7.46. The van der Waals surface area contributed by atoms with Crippen molar-refractivity contribution in [3.05, 3.63) is 83.9 Å². The van der Waals surface area contributed by atoms with Gasteiger partial charge in [-0.2, -0.15) is 5.26 Å². The van der Waals surface area contributed by atoms with Crippen LogP contribution in [0.4, 0.5) is 5.69 Å². The predicted molar refractivity (Wildman–Crippen MR) is 116 cm³/mol. The zero-order valence-corrected chi connectivity index (χ0v) is 16.6. The molecular weight excluding hydrogens is 382 g/mol. The number of fused-ring (bicyclic) bond motifs is 3. The maximum atomic E-state index is 12.7. The van der Waals surface area contributed by atoms with Crippen molar-refractivity contribution in [2.75, 3.05) is 5.32 Å². The fourth-order valence-electron chi connectivity index (χ4n) is 3.53. The summed E-state index contributed by atoms with van der Waals surface area (Å²) in [5, 5.41) is 14.7. The molecule has 1 aromatic heterocycles. The quantitative estimate of drug-likeness (QED) is 0.474. The van der Waals surface area contributed by atoms with Gasteiger partial charge in [-0.1, -0.05) is 42.5 Å². The summed E-state index contributed by atoms with van der Waals surface area (Å²) in [7, 11) is -3.86. The van der Waals surface area contributed by atoms with Crippen LogP contribution in [-0.2, 0) is 16.4 Å². The summed E-state index contributed by atoms with van der Waals surface area (Å²) in [6.07, 6.45) is 1.25. The zero-order valence-electron chi connectivity index (χ0n) is 15.8. The first-order chi connectivity index (χ1) is 14.1. The van der Waals surface area contributed by atoms with Crippen LogP contribution in [0.2, 0.25) is 0 Å². The molecule has 0 fully saturated rings. The van der Waals surface area contributed by atoms with Gasteiger partial charge >= 0.3 is 0 Å². The third-order valence-electron chi connectivity index (χ3n) is 4.91. The summed E-state index contributed by atoms with van der Waals surface area (Å²) in [5.74, 6) is 0. The number of benzene rings is 3. The molecule has 0 aliphatic carbocycles. The highest BCUT2D eigenvalue weighted by atomic mass is 32.2. The van der Waals surface area contributed by atoms with E-state index in [2.05, 4.69) is 28.9 Å². The Balaban J connectivity index is 1.74. The minimum atomic E-state index is -3.86. The van der Waals surface area contributed by atoms with Gasteiger partial charge in [-0.05, 0) is 37.3 Å². The van der Waals surface area contributed by atoms with Crippen LogP contribution < -0.4 is 5.32 Å². The van der Waals surface area contributed by atoms with Crippen molar-refractivity contribution in [3.8, 4) is 6.07 Å². The second-order valence-corrected chi connectivity index (χ2v) is 8.49. The lowest BCUT2D eigenvalue weighted by molar-refractivity contribution is 0.603. The number of allylic oxidation sites excluding steroid dienone is 1. The van der Waals surface area contributed by atoms with Crippen molar-refractivity contribution in [3.63, 3.8) is 0 Å². The molecule has 0 aliphatic rings. The number of rotatable bonds is 5. The molecule has 0 aliphatic heterocycles. The largest absolute Gasteiger partial charge is 0.360 e. The molecule has 0 amide bonds. The normalized spacial score (nSPS) is 12.2. The molecule has 1 N–H and O–H groups in total. The van der Waals surface area contributed by atoms with E-state index in [0.717, 1.165) is 23.0 Å². The molecule has 4 aromatic rings. The monoisotopic (exact) mass is 401 g/mol. The van der Waals surface area contributed by atoms with E-state index in [1.54, 1.807) is 24.3 Å². The Hall–Kier alpha value is -3.56. The average Bonchev–Trinajstić information content (AvgIpc) is 3.07. The topological polar surface area (TPSA) is 74.9 Å². The molecule has 4 rings (SSSR count). The molecule has 0 saturated carbocycles. The van der Waals surface area contributed by atoms with E-state index in [0.29, 0.717) is 5.69 Å². The van der Waals surface area contributed by atoms with Crippen LogP contribution in [0.15, 0.2) is 88.8 Å². The van der Waals surface area contributed by atoms with E-state index in [1.165, 1.54) is 23.7 Å². The summed E-state index contributed by atoms with van der Waals surface area (Å²) in [6, 6.07) is 23.8. The van der Waals surface area contributed by atoms with Crippen LogP contribution in [0, 0.1) is 11.3 Å². The van der Waals surface area contributed by atoms with Gasteiger partial charge in [0.2, 0.25) is 9.84 Å². The Morgan fingerprint density at radius 1 is 1.00 bits per heavy atom. The smallest absolute Gasteiger partial charge is 0.218 e. The van der Waals surface area contributed by atoms with E-state index in [9.17, 15) is 13.7 Å². The van der Waals surface area contributed by atoms with Crippen molar-refractivity contribution in [1.82, 2.24) is 4.57 Å². The summed E-state index contributed by atoms with van der Waals surface area (Å²) < 4.78 is 27.6. The van der Waals surface area contributed by atoms with E-state index in [4.69, 9.17) is 0 Å². The van der Waals surface area contributed by atoms with Crippen LogP contribution in [0.5, 0.6) is 0 Å². The highest BCUT2D eigenvalue weighted by molar-refractivity contribution is 7.95. The Bertz CT molecular complexity index is 1380. The third-order valence-corrected chi connectivity index (χ3v) is 6.59. The minimum Gasteiger partial charge on any atom is -0.360 e. The fourth-order valence-corrected chi connectivity index (χ4v) is 4.63. The standard InChI is InChI=1S/C23H19N3O2S/c1-2-26-22-11-7-6-10-20(22)21-13-12-17(14-23(21)26)25-16-19(15-24)29(27,28)18-8-4-3-5-9-18/h3-14,16,25H,2H2,1H3/b19-16-. The Kier molecular flexibility index (Phi) is 4.83. The number of nitrogens with zero attached hydrogens (tertiary/aromatic N) is 2. The molecule has 6 heteroatoms. The highest BCUT2D eigenvalue weighted by Gasteiger charge is 2.20. The number of anilines is 1. The lowest BCUT2D eigenvalue weighted by Gasteiger charge is -2.07. The molecule has 29 heavy (non-hydrogen) atoms. The lowest BCUT2D eigenvalue weighted by atomic mass is 10.1. The molecule has 0 unspecified atom stereocenters. The van der Waals surface area contributed by atoms with Crippen molar-refractivity contribution >= 4 is 37.3 Å². The van der Waals surface area contributed by atoms with Crippen LogP contribution >= 0.6 is 0 Å². The maximum absolute atomic E-state index is 12.7. The summed E-state index contributed by atoms with van der Waals surface area (Å²) in [5.41, 5.74) is 2.92. The lowest BCUT2D eigenvalue weighted by Crippen LogP contribution is -2.05. The number of nitriles is 1.